The second-order valence-corrected chi connectivity index (χ2v) is 17.5. The Balaban J connectivity index is 3.62. The van der Waals surface area contributed by atoms with Gasteiger partial charge in [-0.25, -0.2) is 4.57 Å². The summed E-state index contributed by atoms with van der Waals surface area (Å²) in [5.74, 6) is -0.576. The summed E-state index contributed by atoms with van der Waals surface area (Å²) in [5, 5.41) is 12.7. The lowest BCUT2D eigenvalue weighted by atomic mass is 10.0. The third kappa shape index (κ3) is 48.3. The van der Waals surface area contributed by atoms with Crippen molar-refractivity contribution < 1.29 is 37.9 Å². The Morgan fingerprint density at radius 3 is 1.46 bits per heavy atom. The SMILES string of the molecule is CC/C=C\C/C=C\C/C=C\C/C=C\C/C=C\CCCC(=O)OCC(O)COP(=O)(O)OCCNC(=O)CCCCCCCCCCCCCCC/C=C/CCCCCCCC. The van der Waals surface area contributed by atoms with E-state index in [9.17, 15) is 24.2 Å². The first-order chi connectivity index (χ1) is 29.8. The fourth-order valence-electron chi connectivity index (χ4n) is 6.47. The van der Waals surface area contributed by atoms with E-state index in [1.807, 2.05) is 6.08 Å². The zero-order valence-corrected chi connectivity index (χ0v) is 39.7. The second-order valence-electron chi connectivity index (χ2n) is 16.0. The van der Waals surface area contributed by atoms with Gasteiger partial charge in [0.1, 0.15) is 12.7 Å². The number of unbranched alkanes of at least 4 members (excludes halogenated alkanes) is 20. The van der Waals surface area contributed by atoms with E-state index in [2.05, 4.69) is 86.0 Å². The van der Waals surface area contributed by atoms with E-state index in [1.54, 1.807) is 0 Å². The Bertz CT molecular complexity index is 1230. The molecular formula is C51H90NO8P. The number of aliphatic hydroxyl groups excluding tert-OH is 1. The fourth-order valence-corrected chi connectivity index (χ4v) is 7.23. The lowest BCUT2D eigenvalue weighted by molar-refractivity contribution is -0.147. The molecule has 0 radical (unpaired) electrons. The lowest BCUT2D eigenvalue weighted by Gasteiger charge is -2.15. The van der Waals surface area contributed by atoms with Crippen molar-refractivity contribution in [2.75, 3.05) is 26.4 Å². The number of allylic oxidation sites excluding steroid dienone is 12. The van der Waals surface area contributed by atoms with Crippen molar-refractivity contribution in [3.8, 4) is 0 Å². The number of esters is 1. The van der Waals surface area contributed by atoms with Crippen molar-refractivity contribution in [2.24, 2.45) is 0 Å². The maximum absolute atomic E-state index is 12.1. The molecule has 2 unspecified atom stereocenters. The van der Waals surface area contributed by atoms with Crippen molar-refractivity contribution in [3.63, 3.8) is 0 Å². The number of rotatable bonds is 45. The summed E-state index contributed by atoms with van der Waals surface area (Å²) in [6.07, 6.45) is 58.5. The van der Waals surface area contributed by atoms with E-state index in [0.29, 0.717) is 12.8 Å². The molecule has 61 heavy (non-hydrogen) atoms. The van der Waals surface area contributed by atoms with Crippen LogP contribution in [0.1, 0.15) is 206 Å². The highest BCUT2D eigenvalue weighted by molar-refractivity contribution is 7.47. The number of hydrogen-bond acceptors (Lipinski definition) is 7. The molecule has 0 rings (SSSR count). The van der Waals surface area contributed by atoms with Crippen molar-refractivity contribution in [3.05, 3.63) is 72.9 Å². The van der Waals surface area contributed by atoms with Gasteiger partial charge in [0.05, 0.1) is 13.2 Å². The number of ether oxygens (including phenoxy) is 1. The molecule has 0 aromatic rings. The largest absolute Gasteiger partial charge is 0.472 e. The molecular weight excluding hydrogens is 786 g/mol. The molecule has 0 aromatic carbocycles. The summed E-state index contributed by atoms with van der Waals surface area (Å²) >= 11 is 0. The van der Waals surface area contributed by atoms with Gasteiger partial charge in [-0.15, -0.1) is 0 Å². The van der Waals surface area contributed by atoms with Crippen LogP contribution in [0.15, 0.2) is 72.9 Å². The van der Waals surface area contributed by atoms with Crippen LogP contribution < -0.4 is 5.32 Å². The third-order valence-corrected chi connectivity index (χ3v) is 11.1. The molecule has 0 heterocycles. The quantitative estimate of drug-likeness (QED) is 0.0239. The average Bonchev–Trinajstić information content (AvgIpc) is 3.25. The second kappa shape index (κ2) is 46.9. The molecule has 0 aliphatic heterocycles. The molecule has 0 spiro atoms. The number of carbonyl (C=O) groups excluding carboxylic acids is 2. The Labute approximate surface area is 373 Å². The molecule has 3 N–H and O–H groups in total. The van der Waals surface area contributed by atoms with Crippen LogP contribution in [0.4, 0.5) is 0 Å². The number of nitrogens with one attached hydrogen (secondary N) is 1. The van der Waals surface area contributed by atoms with Gasteiger partial charge in [0.15, 0.2) is 0 Å². The minimum Gasteiger partial charge on any atom is -0.463 e. The number of carbonyl (C=O) groups is 2. The maximum Gasteiger partial charge on any atom is 0.472 e. The van der Waals surface area contributed by atoms with Crippen LogP contribution in [0.25, 0.3) is 0 Å². The number of phosphoric acid groups is 1. The summed E-state index contributed by atoms with van der Waals surface area (Å²) in [4.78, 5) is 34.0. The number of phosphoric ester groups is 1. The smallest absolute Gasteiger partial charge is 0.463 e. The van der Waals surface area contributed by atoms with E-state index in [1.165, 1.54) is 116 Å². The summed E-state index contributed by atoms with van der Waals surface area (Å²) in [6.45, 7) is 3.38. The molecule has 2 atom stereocenters. The van der Waals surface area contributed by atoms with E-state index < -0.39 is 26.5 Å². The van der Waals surface area contributed by atoms with Gasteiger partial charge < -0.3 is 20.1 Å². The predicted molar refractivity (Wildman–Crippen MR) is 256 cm³/mol. The van der Waals surface area contributed by atoms with E-state index in [-0.39, 0.29) is 32.1 Å². The normalized spacial score (nSPS) is 13.8. The molecule has 0 aliphatic rings. The van der Waals surface area contributed by atoms with Gasteiger partial charge in [0.25, 0.3) is 0 Å². The summed E-state index contributed by atoms with van der Waals surface area (Å²) in [6, 6.07) is 0. The number of hydrogen-bond donors (Lipinski definition) is 3. The highest BCUT2D eigenvalue weighted by Gasteiger charge is 2.23. The van der Waals surface area contributed by atoms with Gasteiger partial charge in [0, 0.05) is 19.4 Å². The van der Waals surface area contributed by atoms with Gasteiger partial charge in [-0.2, -0.15) is 0 Å². The predicted octanol–water partition coefficient (Wildman–Crippen LogP) is 14.2. The summed E-state index contributed by atoms with van der Waals surface area (Å²) in [7, 11) is -4.44. The average molecular weight is 876 g/mol. The summed E-state index contributed by atoms with van der Waals surface area (Å²) in [5.41, 5.74) is 0. The van der Waals surface area contributed by atoms with Crippen molar-refractivity contribution >= 4 is 19.7 Å². The molecule has 352 valence electrons. The highest BCUT2D eigenvalue weighted by atomic mass is 31.2. The molecule has 0 saturated carbocycles. The minimum absolute atomic E-state index is 0.0727. The summed E-state index contributed by atoms with van der Waals surface area (Å²) < 4.78 is 26.9. The Hall–Kier alpha value is -2.55. The maximum atomic E-state index is 12.1. The third-order valence-electron chi connectivity index (χ3n) is 10.1. The molecule has 0 bridgehead atoms. The van der Waals surface area contributed by atoms with Gasteiger partial charge in [0.2, 0.25) is 5.91 Å². The van der Waals surface area contributed by atoms with E-state index in [4.69, 9.17) is 13.8 Å². The van der Waals surface area contributed by atoms with Crippen LogP contribution in [0.2, 0.25) is 0 Å². The van der Waals surface area contributed by atoms with Crippen LogP contribution in [-0.4, -0.2) is 54.3 Å². The lowest BCUT2D eigenvalue weighted by Crippen LogP contribution is -2.27. The number of aliphatic hydroxyl groups is 1. The van der Waals surface area contributed by atoms with Crippen LogP contribution in [0.3, 0.4) is 0 Å². The van der Waals surface area contributed by atoms with E-state index >= 15 is 0 Å². The van der Waals surface area contributed by atoms with Crippen LogP contribution >= 0.6 is 7.82 Å². The minimum atomic E-state index is -4.44. The van der Waals surface area contributed by atoms with Crippen molar-refractivity contribution in [1.29, 1.82) is 0 Å². The van der Waals surface area contributed by atoms with E-state index in [0.717, 1.165) is 57.8 Å². The Kier molecular flexibility index (Phi) is 45.0. The Morgan fingerprint density at radius 1 is 0.525 bits per heavy atom. The van der Waals surface area contributed by atoms with Crippen LogP contribution in [0.5, 0.6) is 0 Å². The van der Waals surface area contributed by atoms with Gasteiger partial charge >= 0.3 is 13.8 Å². The number of amides is 1. The van der Waals surface area contributed by atoms with Crippen LogP contribution in [0, 0.1) is 0 Å². The molecule has 0 fully saturated rings. The first-order valence-electron chi connectivity index (χ1n) is 24.4. The first-order valence-corrected chi connectivity index (χ1v) is 25.9. The topological polar surface area (TPSA) is 131 Å². The fraction of sp³-hybridized carbons (Fsp3) is 0.725. The molecule has 0 aliphatic carbocycles. The van der Waals surface area contributed by atoms with Gasteiger partial charge in [-0.05, 0) is 77.0 Å². The Morgan fingerprint density at radius 2 is 0.951 bits per heavy atom. The standard InChI is InChI=1S/C51H90NO8P/c1-3-5-7-9-11-13-15-17-19-21-22-23-24-25-26-28-29-31-33-35-37-39-41-43-50(54)52-45-46-59-61(56,57)60-48-49(53)47-58-51(55)44-42-40-38-36-34-32-30-27-20-18-16-14-12-10-8-6-4-2/h6,8,12,14,17-20,30,32,36,38,49,53H,3-5,7,9-11,13,15-16,21-29,31,33-35,37,39-48H2,1-2H3,(H,52,54)(H,56,57)/b8-6-,14-12-,19-17+,20-18-,32-30-,38-36-. The molecule has 9 nitrogen and oxygen atoms in total. The van der Waals surface area contributed by atoms with Gasteiger partial charge in [-0.1, -0.05) is 189 Å². The molecule has 0 saturated heterocycles. The highest BCUT2D eigenvalue weighted by Crippen LogP contribution is 2.42. The monoisotopic (exact) mass is 876 g/mol. The van der Waals surface area contributed by atoms with Crippen molar-refractivity contribution in [2.45, 2.75) is 213 Å². The molecule has 0 aromatic heterocycles. The molecule has 10 heteroatoms. The van der Waals surface area contributed by atoms with Gasteiger partial charge in [-0.3, -0.25) is 18.6 Å². The zero-order valence-electron chi connectivity index (χ0n) is 38.8. The zero-order chi connectivity index (χ0) is 44.6. The van der Waals surface area contributed by atoms with Crippen molar-refractivity contribution in [1.82, 2.24) is 5.32 Å². The van der Waals surface area contributed by atoms with Crippen LogP contribution in [-0.2, 0) is 27.9 Å². The first kappa shape index (κ1) is 58.5. The molecule has 1 amide bonds.